The molecular formula is C15H16N2O4. The fraction of sp³-hybridized carbons (Fsp3) is 0.267. The van der Waals surface area contributed by atoms with Crippen LogP contribution >= 0.6 is 0 Å². The molecule has 0 saturated carbocycles. The van der Waals surface area contributed by atoms with Gasteiger partial charge in [0, 0.05) is 5.69 Å². The van der Waals surface area contributed by atoms with Crippen molar-refractivity contribution in [1.82, 2.24) is 9.78 Å². The van der Waals surface area contributed by atoms with Gasteiger partial charge in [-0.2, -0.15) is 5.10 Å². The third-order valence-corrected chi connectivity index (χ3v) is 2.98. The zero-order valence-corrected chi connectivity index (χ0v) is 11.8. The lowest BCUT2D eigenvalue weighted by molar-refractivity contribution is 0.0682. The van der Waals surface area contributed by atoms with Crippen molar-refractivity contribution in [2.75, 3.05) is 0 Å². The largest absolute Gasteiger partial charge is 0.478 e. The summed E-state index contributed by atoms with van der Waals surface area (Å²) in [6.07, 6.45) is 0.682. The molecule has 0 amide bonds. The van der Waals surface area contributed by atoms with Crippen LogP contribution in [0.3, 0.4) is 0 Å². The topological polar surface area (TPSA) is 92.4 Å². The van der Waals surface area contributed by atoms with Crippen LogP contribution in [0.4, 0.5) is 0 Å². The van der Waals surface area contributed by atoms with Gasteiger partial charge < -0.3 is 10.2 Å². The molecule has 6 heteroatoms. The molecule has 1 aromatic heterocycles. The number of hydrogen-bond acceptors (Lipinski definition) is 3. The van der Waals surface area contributed by atoms with Crippen molar-refractivity contribution in [3.8, 4) is 5.69 Å². The second kappa shape index (κ2) is 5.78. The molecule has 0 atom stereocenters. The lowest BCUT2D eigenvalue weighted by Gasteiger charge is -2.09. The van der Waals surface area contributed by atoms with Crippen molar-refractivity contribution >= 4 is 11.9 Å². The van der Waals surface area contributed by atoms with E-state index in [1.807, 2.05) is 13.8 Å². The minimum absolute atomic E-state index is 0.0204. The maximum Gasteiger partial charge on any atom is 0.356 e. The summed E-state index contributed by atoms with van der Waals surface area (Å²) in [7, 11) is 0. The van der Waals surface area contributed by atoms with Crippen LogP contribution in [-0.2, 0) is 6.42 Å². The smallest absolute Gasteiger partial charge is 0.356 e. The summed E-state index contributed by atoms with van der Waals surface area (Å²) in [4.78, 5) is 21.9. The molecule has 2 aromatic rings. The van der Waals surface area contributed by atoms with Crippen LogP contribution in [0.1, 0.15) is 40.4 Å². The van der Waals surface area contributed by atoms with Crippen LogP contribution in [0.25, 0.3) is 5.69 Å². The Labute approximate surface area is 121 Å². The summed E-state index contributed by atoms with van der Waals surface area (Å²) in [6.45, 7) is 4.07. The number of carbonyl (C=O) groups is 2. The van der Waals surface area contributed by atoms with E-state index in [1.165, 1.54) is 12.1 Å². The predicted molar refractivity (Wildman–Crippen MR) is 76.0 cm³/mol. The van der Waals surface area contributed by atoms with Crippen LogP contribution in [-0.4, -0.2) is 31.9 Å². The summed E-state index contributed by atoms with van der Waals surface area (Å²) < 4.78 is 1.55. The summed E-state index contributed by atoms with van der Waals surface area (Å²) >= 11 is 0. The Morgan fingerprint density at radius 2 is 1.76 bits per heavy atom. The summed E-state index contributed by atoms with van der Waals surface area (Å²) in [5.41, 5.74) is 1.58. The number of aromatic carboxylic acids is 2. The third-order valence-electron chi connectivity index (χ3n) is 2.98. The zero-order chi connectivity index (χ0) is 15.6. The molecule has 0 aliphatic heterocycles. The van der Waals surface area contributed by atoms with E-state index in [9.17, 15) is 9.59 Å². The molecule has 0 unspecified atom stereocenters. The second-order valence-corrected chi connectivity index (χ2v) is 5.19. The second-order valence-electron chi connectivity index (χ2n) is 5.19. The van der Waals surface area contributed by atoms with Crippen molar-refractivity contribution in [1.29, 1.82) is 0 Å². The number of nitrogens with zero attached hydrogens (tertiary/aromatic N) is 2. The molecule has 2 rings (SSSR count). The zero-order valence-electron chi connectivity index (χ0n) is 11.8. The Hall–Kier alpha value is -2.63. The SMILES string of the molecule is CC(C)Cc1cc(C(=O)O)nn1-c1ccc(C(=O)O)cc1. The summed E-state index contributed by atoms with van der Waals surface area (Å²) in [5.74, 6) is -1.74. The molecule has 0 fully saturated rings. The van der Waals surface area contributed by atoms with Gasteiger partial charge in [-0.05, 0) is 42.7 Å². The standard InChI is InChI=1S/C15H16N2O4/c1-9(2)7-12-8-13(15(20)21)16-17(12)11-5-3-10(4-6-11)14(18)19/h3-6,8-9H,7H2,1-2H3,(H,18,19)(H,20,21). The Kier molecular flexibility index (Phi) is 4.07. The first-order valence-corrected chi connectivity index (χ1v) is 6.54. The average Bonchev–Trinajstić information content (AvgIpc) is 2.82. The average molecular weight is 288 g/mol. The molecule has 1 aromatic carbocycles. The van der Waals surface area contributed by atoms with E-state index in [0.717, 1.165) is 5.69 Å². The third kappa shape index (κ3) is 3.28. The van der Waals surface area contributed by atoms with Gasteiger partial charge in [-0.3, -0.25) is 0 Å². The van der Waals surface area contributed by atoms with Crippen LogP contribution in [0.5, 0.6) is 0 Å². The molecule has 110 valence electrons. The molecule has 0 radical (unpaired) electrons. The van der Waals surface area contributed by atoms with Gasteiger partial charge in [0.25, 0.3) is 0 Å². The molecule has 1 heterocycles. The van der Waals surface area contributed by atoms with Crippen molar-refractivity contribution in [3.63, 3.8) is 0 Å². The molecule has 0 aliphatic rings. The molecule has 0 saturated heterocycles. The monoisotopic (exact) mass is 288 g/mol. The quantitative estimate of drug-likeness (QED) is 0.881. The highest BCUT2D eigenvalue weighted by Crippen LogP contribution is 2.17. The van der Waals surface area contributed by atoms with E-state index >= 15 is 0 Å². The molecule has 21 heavy (non-hydrogen) atoms. The molecular weight excluding hydrogens is 272 g/mol. The molecule has 0 bridgehead atoms. The Balaban J connectivity index is 2.45. The van der Waals surface area contributed by atoms with Gasteiger partial charge in [-0.15, -0.1) is 0 Å². The Morgan fingerprint density at radius 3 is 2.24 bits per heavy atom. The summed E-state index contributed by atoms with van der Waals surface area (Å²) in [5, 5.41) is 22.0. The molecule has 0 aliphatic carbocycles. The molecule has 6 nitrogen and oxygen atoms in total. The van der Waals surface area contributed by atoms with Gasteiger partial charge in [0.05, 0.1) is 11.3 Å². The maximum absolute atomic E-state index is 11.1. The molecule has 0 spiro atoms. The highest BCUT2D eigenvalue weighted by molar-refractivity contribution is 5.88. The van der Waals surface area contributed by atoms with Gasteiger partial charge in [-0.25, -0.2) is 14.3 Å². The minimum Gasteiger partial charge on any atom is -0.478 e. The van der Waals surface area contributed by atoms with Crippen molar-refractivity contribution in [2.24, 2.45) is 5.92 Å². The van der Waals surface area contributed by atoms with E-state index in [2.05, 4.69) is 5.10 Å². The van der Waals surface area contributed by atoms with Crippen molar-refractivity contribution in [3.05, 3.63) is 47.3 Å². The lowest BCUT2D eigenvalue weighted by Crippen LogP contribution is -2.06. The van der Waals surface area contributed by atoms with Gasteiger partial charge >= 0.3 is 11.9 Å². The van der Waals surface area contributed by atoms with E-state index in [1.54, 1.807) is 22.9 Å². The normalized spacial score (nSPS) is 10.8. The number of benzene rings is 1. The highest BCUT2D eigenvalue weighted by atomic mass is 16.4. The number of aromatic nitrogens is 2. The first-order valence-electron chi connectivity index (χ1n) is 6.54. The predicted octanol–water partition coefficient (Wildman–Crippen LogP) is 2.47. The summed E-state index contributed by atoms with van der Waals surface area (Å²) in [6, 6.07) is 7.73. The van der Waals surface area contributed by atoms with Crippen LogP contribution in [0.15, 0.2) is 30.3 Å². The minimum atomic E-state index is -1.08. The van der Waals surface area contributed by atoms with E-state index < -0.39 is 11.9 Å². The van der Waals surface area contributed by atoms with Gasteiger partial charge in [0.15, 0.2) is 5.69 Å². The number of carboxylic acids is 2. The van der Waals surface area contributed by atoms with Crippen LogP contribution in [0.2, 0.25) is 0 Å². The van der Waals surface area contributed by atoms with Gasteiger partial charge in [0.1, 0.15) is 0 Å². The fourth-order valence-electron chi connectivity index (χ4n) is 2.06. The number of carboxylic acid groups (broad SMARTS) is 2. The number of rotatable bonds is 5. The van der Waals surface area contributed by atoms with Crippen molar-refractivity contribution in [2.45, 2.75) is 20.3 Å². The number of hydrogen-bond donors (Lipinski definition) is 2. The maximum atomic E-state index is 11.1. The Bertz CT molecular complexity index is 671. The van der Waals surface area contributed by atoms with Crippen LogP contribution < -0.4 is 0 Å². The Morgan fingerprint density at radius 1 is 1.14 bits per heavy atom. The van der Waals surface area contributed by atoms with Gasteiger partial charge in [-0.1, -0.05) is 13.8 Å². The first kappa shape index (κ1) is 14.8. The first-order chi connectivity index (χ1) is 9.88. The lowest BCUT2D eigenvalue weighted by atomic mass is 10.1. The van der Waals surface area contributed by atoms with E-state index in [0.29, 0.717) is 18.0 Å². The van der Waals surface area contributed by atoms with Crippen molar-refractivity contribution < 1.29 is 19.8 Å². The van der Waals surface area contributed by atoms with E-state index in [-0.39, 0.29) is 11.3 Å². The fourth-order valence-corrected chi connectivity index (χ4v) is 2.06. The van der Waals surface area contributed by atoms with E-state index in [4.69, 9.17) is 10.2 Å². The molecule has 2 N–H and O–H groups in total. The van der Waals surface area contributed by atoms with Crippen LogP contribution in [0, 0.1) is 5.92 Å². The highest BCUT2D eigenvalue weighted by Gasteiger charge is 2.15. The van der Waals surface area contributed by atoms with Gasteiger partial charge in [0.2, 0.25) is 0 Å².